The number of halogens is 4. The summed E-state index contributed by atoms with van der Waals surface area (Å²) in [7, 11) is 1.68. The van der Waals surface area contributed by atoms with Crippen molar-refractivity contribution in [1.29, 1.82) is 5.41 Å². The first-order valence-corrected chi connectivity index (χ1v) is 11.3. The number of nitrogens with one attached hydrogen (secondary N) is 1. The van der Waals surface area contributed by atoms with Crippen molar-refractivity contribution >= 4 is 44.2 Å². The molecule has 0 aromatic heterocycles. The van der Waals surface area contributed by atoms with E-state index in [-0.39, 0.29) is 0 Å². The maximum atomic E-state index is 10.6. The van der Waals surface area contributed by atoms with Gasteiger partial charge in [-0.05, 0) is 52.6 Å². The van der Waals surface area contributed by atoms with Gasteiger partial charge in [0.2, 0.25) is 0 Å². The molecule has 1 aliphatic heterocycles. The summed E-state index contributed by atoms with van der Waals surface area (Å²) in [5.74, 6) is -0.785. The molecule has 4 rings (SSSR count). The van der Waals surface area contributed by atoms with Gasteiger partial charge in [-0.1, -0.05) is 53.2 Å². The fraction of sp³-hybridized carbons (Fsp3) is 0.280. The van der Waals surface area contributed by atoms with Gasteiger partial charge in [-0.2, -0.15) is 13.2 Å². The average Bonchev–Trinajstić information content (AvgIpc) is 3.15. The average molecular weight is 537 g/mol. The van der Waals surface area contributed by atoms with Crippen molar-refractivity contribution in [1.82, 2.24) is 0 Å². The first kappa shape index (κ1) is 25.6. The minimum atomic E-state index is -5.08. The van der Waals surface area contributed by atoms with Crippen LogP contribution in [0, 0.1) is 5.41 Å². The number of carboxylic acid groups (broad SMARTS) is 1. The molecule has 1 unspecified atom stereocenters. The highest BCUT2D eigenvalue weighted by Gasteiger charge is 2.38. The van der Waals surface area contributed by atoms with E-state index in [1.165, 1.54) is 27.6 Å². The number of alkyl halides is 3. The standard InChI is InChI=1S/C23H23BrN2O.C2HF3O2/c1-15-14-26(22(25)13-8-16-6-9-17(27-2)10-7-16)21-12-11-18-19(23(15)21)4-3-5-20(18)24;3-2(4,5)1(6)7/h3-7,9-12,15,25H,8,13-14H2,1-2H3;(H,6,7). The Labute approximate surface area is 203 Å². The van der Waals surface area contributed by atoms with E-state index in [9.17, 15) is 13.2 Å². The van der Waals surface area contributed by atoms with E-state index >= 15 is 0 Å². The van der Waals surface area contributed by atoms with Crippen LogP contribution in [0.25, 0.3) is 10.8 Å². The van der Waals surface area contributed by atoms with Crippen LogP contribution in [0.3, 0.4) is 0 Å². The first-order chi connectivity index (χ1) is 16.0. The lowest BCUT2D eigenvalue weighted by atomic mass is 9.96. The largest absolute Gasteiger partial charge is 0.497 e. The number of ether oxygens (including phenoxy) is 1. The summed E-state index contributed by atoms with van der Waals surface area (Å²) < 4.78 is 38.1. The summed E-state index contributed by atoms with van der Waals surface area (Å²) in [6.45, 7) is 3.14. The van der Waals surface area contributed by atoms with Crippen LogP contribution >= 0.6 is 15.9 Å². The Kier molecular flexibility index (Phi) is 7.86. The number of anilines is 1. The molecule has 1 atom stereocenters. The molecule has 9 heteroatoms. The first-order valence-electron chi connectivity index (χ1n) is 10.5. The monoisotopic (exact) mass is 536 g/mol. The number of hydrogen-bond acceptors (Lipinski definition) is 3. The van der Waals surface area contributed by atoms with E-state index in [0.717, 1.165) is 29.6 Å². The molecule has 0 aliphatic carbocycles. The Hall–Kier alpha value is -3.07. The van der Waals surface area contributed by atoms with Crippen LogP contribution in [0.4, 0.5) is 18.9 Å². The number of methoxy groups -OCH3 is 1. The number of aliphatic carboxylic acids is 1. The quantitative estimate of drug-likeness (QED) is 0.284. The molecule has 180 valence electrons. The molecule has 0 saturated carbocycles. The molecule has 1 aliphatic rings. The lowest BCUT2D eigenvalue weighted by Gasteiger charge is -2.21. The Morgan fingerprint density at radius 1 is 1.15 bits per heavy atom. The Bertz CT molecular complexity index is 1200. The fourth-order valence-electron chi connectivity index (χ4n) is 3.99. The van der Waals surface area contributed by atoms with Gasteiger partial charge in [0.05, 0.1) is 7.11 Å². The van der Waals surface area contributed by atoms with Crippen molar-refractivity contribution in [2.24, 2.45) is 0 Å². The molecule has 34 heavy (non-hydrogen) atoms. The molecular weight excluding hydrogens is 513 g/mol. The second kappa shape index (κ2) is 10.5. The van der Waals surface area contributed by atoms with E-state index in [1.54, 1.807) is 7.11 Å². The van der Waals surface area contributed by atoms with Crippen molar-refractivity contribution in [3.8, 4) is 5.75 Å². The zero-order valence-corrected chi connectivity index (χ0v) is 20.2. The maximum Gasteiger partial charge on any atom is 0.490 e. The predicted molar refractivity (Wildman–Crippen MR) is 130 cm³/mol. The van der Waals surface area contributed by atoms with Gasteiger partial charge in [-0.3, -0.25) is 5.41 Å². The molecule has 3 aromatic rings. The van der Waals surface area contributed by atoms with Crippen LogP contribution in [0.2, 0.25) is 0 Å². The maximum absolute atomic E-state index is 10.6. The number of amidine groups is 1. The van der Waals surface area contributed by atoms with Gasteiger partial charge >= 0.3 is 12.1 Å². The minimum Gasteiger partial charge on any atom is -0.497 e. The summed E-state index contributed by atoms with van der Waals surface area (Å²) in [6, 6.07) is 18.8. The lowest BCUT2D eigenvalue weighted by Crippen LogP contribution is -2.29. The number of hydrogen-bond donors (Lipinski definition) is 2. The molecule has 0 radical (unpaired) electrons. The highest BCUT2D eigenvalue weighted by atomic mass is 79.9. The highest BCUT2D eigenvalue weighted by molar-refractivity contribution is 9.10. The summed E-state index contributed by atoms with van der Waals surface area (Å²) in [6.07, 6.45) is -3.49. The SMILES string of the molecule is COc1ccc(CCC(=N)N2CC(C)c3c2ccc2c(Br)cccc32)cc1.O=C(O)C(F)(F)F. The molecule has 0 spiro atoms. The Balaban J connectivity index is 0.000000406. The van der Waals surface area contributed by atoms with Crippen LogP contribution in [-0.2, 0) is 11.2 Å². The Morgan fingerprint density at radius 3 is 2.38 bits per heavy atom. The number of fused-ring (bicyclic) bond motifs is 3. The van der Waals surface area contributed by atoms with E-state index in [4.69, 9.17) is 20.0 Å². The number of carbonyl (C=O) groups is 1. The molecule has 0 bridgehead atoms. The van der Waals surface area contributed by atoms with Crippen molar-refractivity contribution < 1.29 is 27.8 Å². The Morgan fingerprint density at radius 2 is 1.79 bits per heavy atom. The second-order valence-corrected chi connectivity index (χ2v) is 8.80. The molecule has 0 saturated heterocycles. The fourth-order valence-corrected chi connectivity index (χ4v) is 4.49. The van der Waals surface area contributed by atoms with Gasteiger partial charge in [0.25, 0.3) is 0 Å². The summed E-state index contributed by atoms with van der Waals surface area (Å²) in [5.41, 5.74) is 3.78. The van der Waals surface area contributed by atoms with Crippen LogP contribution in [0.5, 0.6) is 5.75 Å². The highest BCUT2D eigenvalue weighted by Crippen LogP contribution is 2.42. The minimum absolute atomic E-state index is 0.416. The van der Waals surface area contributed by atoms with Gasteiger partial charge in [0.1, 0.15) is 11.6 Å². The zero-order valence-electron chi connectivity index (χ0n) is 18.6. The summed E-state index contributed by atoms with van der Waals surface area (Å²) in [4.78, 5) is 11.1. The number of carboxylic acids is 1. The van der Waals surface area contributed by atoms with Crippen molar-refractivity contribution in [3.05, 3.63) is 70.2 Å². The van der Waals surface area contributed by atoms with Crippen LogP contribution < -0.4 is 9.64 Å². The van der Waals surface area contributed by atoms with Gasteiger partial charge in [0, 0.05) is 29.0 Å². The number of rotatable bonds is 4. The van der Waals surface area contributed by atoms with Crippen LogP contribution in [0.1, 0.15) is 30.4 Å². The lowest BCUT2D eigenvalue weighted by molar-refractivity contribution is -0.192. The smallest absolute Gasteiger partial charge is 0.490 e. The summed E-state index contributed by atoms with van der Waals surface area (Å²) in [5, 5.41) is 18.3. The molecule has 2 N–H and O–H groups in total. The van der Waals surface area contributed by atoms with Gasteiger partial charge < -0.3 is 14.7 Å². The third-order valence-corrected chi connectivity index (χ3v) is 6.34. The van der Waals surface area contributed by atoms with Gasteiger partial charge in [-0.15, -0.1) is 0 Å². The molecule has 0 fully saturated rings. The van der Waals surface area contributed by atoms with E-state index in [1.807, 2.05) is 12.1 Å². The summed E-state index contributed by atoms with van der Waals surface area (Å²) >= 11 is 3.67. The van der Waals surface area contributed by atoms with Crippen molar-refractivity contribution in [2.75, 3.05) is 18.6 Å². The predicted octanol–water partition coefficient (Wildman–Crippen LogP) is 6.78. The van der Waals surface area contributed by atoms with E-state index < -0.39 is 12.1 Å². The van der Waals surface area contributed by atoms with Gasteiger partial charge in [0.15, 0.2) is 0 Å². The molecule has 1 heterocycles. The third-order valence-electron chi connectivity index (χ3n) is 5.64. The number of nitrogens with zero attached hydrogens (tertiary/aromatic N) is 1. The second-order valence-electron chi connectivity index (χ2n) is 7.94. The molecule has 0 amide bonds. The topological polar surface area (TPSA) is 73.6 Å². The number of aryl methyl sites for hydroxylation is 1. The van der Waals surface area contributed by atoms with E-state index in [2.05, 4.69) is 70.2 Å². The van der Waals surface area contributed by atoms with Crippen LogP contribution in [0.15, 0.2) is 59.1 Å². The molecular formula is C25H24BrF3N2O3. The molecule has 3 aromatic carbocycles. The van der Waals surface area contributed by atoms with Gasteiger partial charge in [-0.25, -0.2) is 4.79 Å². The van der Waals surface area contributed by atoms with E-state index in [0.29, 0.717) is 11.8 Å². The number of benzene rings is 3. The third kappa shape index (κ3) is 5.70. The normalized spacial score (nSPS) is 14.9. The van der Waals surface area contributed by atoms with Crippen LogP contribution in [-0.4, -0.2) is 36.7 Å². The van der Waals surface area contributed by atoms with Crippen molar-refractivity contribution in [3.63, 3.8) is 0 Å². The molecule has 5 nitrogen and oxygen atoms in total. The zero-order chi connectivity index (χ0) is 25.0. The van der Waals surface area contributed by atoms with Crippen molar-refractivity contribution in [2.45, 2.75) is 31.9 Å².